The van der Waals surface area contributed by atoms with Gasteiger partial charge in [0, 0.05) is 42.2 Å². The maximum Gasteiger partial charge on any atom is 0.356 e. The molecule has 42 heavy (non-hydrogen) atoms. The Morgan fingerprint density at radius 3 is 2.64 bits per heavy atom. The SMILES string of the molecule is COCCC(=O)Nc1c(C(=O)OC)n(CCc2c[nH]c3ccccc23)c2ncc(N[C@@H](C)Cc3ccccc3F)cc12. The molecule has 0 fully saturated rings. The molecule has 0 radical (unpaired) electrons. The third kappa shape index (κ3) is 6.13. The second-order valence-corrected chi connectivity index (χ2v) is 10.2. The van der Waals surface area contributed by atoms with Gasteiger partial charge in [0.1, 0.15) is 11.5 Å². The molecule has 3 aromatic heterocycles. The first kappa shape index (κ1) is 28.8. The van der Waals surface area contributed by atoms with Gasteiger partial charge >= 0.3 is 5.97 Å². The summed E-state index contributed by atoms with van der Waals surface area (Å²) >= 11 is 0. The fourth-order valence-corrected chi connectivity index (χ4v) is 5.25. The average molecular weight is 572 g/mol. The van der Waals surface area contributed by atoms with Gasteiger partial charge in [-0.15, -0.1) is 0 Å². The summed E-state index contributed by atoms with van der Waals surface area (Å²) in [6.07, 6.45) is 4.83. The molecule has 1 atom stereocenters. The third-order valence-corrected chi connectivity index (χ3v) is 7.25. The van der Waals surface area contributed by atoms with Gasteiger partial charge in [-0.05, 0) is 49.1 Å². The van der Waals surface area contributed by atoms with Crippen LogP contribution < -0.4 is 10.6 Å². The van der Waals surface area contributed by atoms with E-state index in [0.29, 0.717) is 47.4 Å². The highest BCUT2D eigenvalue weighted by atomic mass is 19.1. The van der Waals surface area contributed by atoms with Crippen molar-refractivity contribution in [2.45, 2.75) is 38.8 Å². The molecule has 0 saturated heterocycles. The zero-order valence-electron chi connectivity index (χ0n) is 23.9. The number of amides is 1. The molecule has 1 amide bonds. The number of aromatic amines is 1. The Morgan fingerprint density at radius 2 is 1.86 bits per heavy atom. The Kier molecular flexibility index (Phi) is 8.83. The van der Waals surface area contributed by atoms with Crippen molar-refractivity contribution in [3.05, 3.63) is 89.6 Å². The van der Waals surface area contributed by atoms with Crippen LogP contribution in [0.25, 0.3) is 21.9 Å². The van der Waals surface area contributed by atoms with Crippen molar-refractivity contribution in [3.8, 4) is 0 Å². The fourth-order valence-electron chi connectivity index (χ4n) is 5.25. The van der Waals surface area contributed by atoms with Gasteiger partial charge in [-0.1, -0.05) is 36.4 Å². The minimum Gasteiger partial charge on any atom is -0.464 e. The number of ether oxygens (including phenoxy) is 2. The topological polar surface area (TPSA) is 110 Å². The number of hydrogen-bond acceptors (Lipinski definition) is 6. The minimum absolute atomic E-state index is 0.115. The molecular weight excluding hydrogens is 537 g/mol. The molecule has 9 nitrogen and oxygen atoms in total. The van der Waals surface area contributed by atoms with Crippen molar-refractivity contribution in [1.29, 1.82) is 0 Å². The number of aromatic nitrogens is 3. The number of nitrogens with one attached hydrogen (secondary N) is 3. The van der Waals surface area contributed by atoms with Crippen molar-refractivity contribution in [2.75, 3.05) is 31.5 Å². The van der Waals surface area contributed by atoms with Crippen LogP contribution >= 0.6 is 0 Å². The van der Waals surface area contributed by atoms with Crippen molar-refractivity contribution < 1.29 is 23.5 Å². The quantitative estimate of drug-likeness (QED) is 0.166. The van der Waals surface area contributed by atoms with Crippen LogP contribution in [0.2, 0.25) is 0 Å². The first-order chi connectivity index (χ1) is 20.4. The number of aryl methyl sites for hydroxylation is 2. The molecule has 2 aromatic carbocycles. The number of H-pyrrole nitrogens is 1. The monoisotopic (exact) mass is 571 g/mol. The molecule has 0 aliphatic heterocycles. The van der Waals surface area contributed by atoms with Crippen molar-refractivity contribution in [3.63, 3.8) is 0 Å². The summed E-state index contributed by atoms with van der Waals surface area (Å²) < 4.78 is 26.3. The number of fused-ring (bicyclic) bond motifs is 2. The van der Waals surface area contributed by atoms with E-state index >= 15 is 0 Å². The minimum atomic E-state index is -0.587. The number of carbonyl (C=O) groups excluding carboxylic acids is 2. The Bertz CT molecular complexity index is 1730. The second kappa shape index (κ2) is 12.9. The van der Waals surface area contributed by atoms with E-state index in [1.165, 1.54) is 20.3 Å². The number of benzene rings is 2. The molecule has 0 aliphatic carbocycles. The van der Waals surface area contributed by atoms with Gasteiger partial charge in [-0.2, -0.15) is 0 Å². The molecule has 3 N–H and O–H groups in total. The number of nitrogens with zero attached hydrogens (tertiary/aromatic N) is 2. The lowest BCUT2D eigenvalue weighted by Gasteiger charge is -2.16. The zero-order valence-corrected chi connectivity index (χ0v) is 23.9. The van der Waals surface area contributed by atoms with E-state index in [0.717, 1.165) is 16.5 Å². The molecule has 5 rings (SSSR count). The fraction of sp³-hybridized carbons (Fsp3) is 0.281. The van der Waals surface area contributed by atoms with Gasteiger partial charge in [0.25, 0.3) is 0 Å². The summed E-state index contributed by atoms with van der Waals surface area (Å²) in [6, 6.07) is 16.4. The van der Waals surface area contributed by atoms with E-state index in [2.05, 4.69) is 21.7 Å². The highest BCUT2D eigenvalue weighted by molar-refractivity contribution is 6.11. The molecule has 0 saturated carbocycles. The van der Waals surface area contributed by atoms with Crippen LogP contribution in [0.1, 0.15) is 35.0 Å². The molecule has 218 valence electrons. The maximum atomic E-state index is 14.2. The van der Waals surface area contributed by atoms with Crippen LogP contribution in [0.4, 0.5) is 15.8 Å². The Labute approximate surface area is 243 Å². The number of rotatable bonds is 12. The lowest BCUT2D eigenvalue weighted by molar-refractivity contribution is -0.117. The lowest BCUT2D eigenvalue weighted by Crippen LogP contribution is -2.19. The van der Waals surface area contributed by atoms with E-state index in [1.807, 2.05) is 43.5 Å². The lowest BCUT2D eigenvalue weighted by atomic mass is 10.1. The predicted molar refractivity (Wildman–Crippen MR) is 161 cm³/mol. The summed E-state index contributed by atoms with van der Waals surface area (Å²) in [5.41, 5.74) is 4.47. The Hall–Kier alpha value is -4.70. The summed E-state index contributed by atoms with van der Waals surface area (Å²) in [7, 11) is 2.83. The van der Waals surface area contributed by atoms with Crippen molar-refractivity contribution in [1.82, 2.24) is 14.5 Å². The Balaban J connectivity index is 1.52. The number of anilines is 2. The predicted octanol–water partition coefficient (Wildman–Crippen LogP) is 5.70. The summed E-state index contributed by atoms with van der Waals surface area (Å²) in [5.74, 6) is -1.14. The third-order valence-electron chi connectivity index (χ3n) is 7.25. The second-order valence-electron chi connectivity index (χ2n) is 10.2. The molecular formula is C32H34FN5O4. The van der Waals surface area contributed by atoms with Gasteiger partial charge in [0.05, 0.1) is 37.7 Å². The number of pyridine rings is 1. The first-order valence-corrected chi connectivity index (χ1v) is 13.8. The summed E-state index contributed by atoms with van der Waals surface area (Å²) in [6.45, 7) is 2.60. The van der Waals surface area contributed by atoms with Crippen LogP contribution in [-0.4, -0.2) is 53.3 Å². The van der Waals surface area contributed by atoms with Crippen molar-refractivity contribution in [2.24, 2.45) is 0 Å². The van der Waals surface area contributed by atoms with E-state index in [-0.39, 0.29) is 36.5 Å². The first-order valence-electron chi connectivity index (χ1n) is 13.8. The highest BCUT2D eigenvalue weighted by Gasteiger charge is 2.26. The van der Waals surface area contributed by atoms with E-state index in [1.54, 1.807) is 22.9 Å². The van der Waals surface area contributed by atoms with Crippen LogP contribution in [-0.2, 0) is 33.7 Å². The molecule has 3 heterocycles. The largest absolute Gasteiger partial charge is 0.464 e. The smallest absolute Gasteiger partial charge is 0.356 e. The van der Waals surface area contributed by atoms with Gasteiger partial charge in [-0.25, -0.2) is 14.2 Å². The van der Waals surface area contributed by atoms with Gasteiger partial charge < -0.3 is 29.7 Å². The van der Waals surface area contributed by atoms with E-state index in [4.69, 9.17) is 14.5 Å². The summed E-state index contributed by atoms with van der Waals surface area (Å²) in [5, 5.41) is 7.98. The molecule has 0 unspecified atom stereocenters. The zero-order chi connectivity index (χ0) is 29.6. The average Bonchev–Trinajstić information content (AvgIpc) is 3.54. The van der Waals surface area contributed by atoms with Crippen LogP contribution in [0.5, 0.6) is 0 Å². The standard InChI is InChI=1S/C32H34FN5O4/c1-20(16-21-8-4-6-10-26(21)33)36-23-17-25-29(37-28(39)13-15-41-2)30(32(40)42-3)38(31(25)35-19-23)14-12-22-18-34-27-11-7-5-9-24(22)27/h4-11,17-20,34,36H,12-16H2,1-3H3,(H,37,39)/t20-/m0/s1. The highest BCUT2D eigenvalue weighted by Crippen LogP contribution is 2.34. The Morgan fingerprint density at radius 1 is 1.07 bits per heavy atom. The normalized spacial score (nSPS) is 12.0. The van der Waals surface area contributed by atoms with Crippen LogP contribution in [0.3, 0.4) is 0 Å². The van der Waals surface area contributed by atoms with Crippen molar-refractivity contribution >= 4 is 45.2 Å². The number of hydrogen-bond donors (Lipinski definition) is 3. The van der Waals surface area contributed by atoms with Crippen LogP contribution in [0.15, 0.2) is 67.0 Å². The molecule has 10 heteroatoms. The number of carbonyl (C=O) groups is 2. The molecule has 0 bridgehead atoms. The molecule has 0 spiro atoms. The van der Waals surface area contributed by atoms with E-state index in [9.17, 15) is 14.0 Å². The van der Waals surface area contributed by atoms with Gasteiger partial charge in [0.2, 0.25) is 5.91 Å². The number of para-hydroxylation sites is 1. The van der Waals surface area contributed by atoms with E-state index < -0.39 is 5.97 Å². The maximum absolute atomic E-state index is 14.2. The number of methoxy groups -OCH3 is 2. The molecule has 5 aromatic rings. The van der Waals surface area contributed by atoms with Gasteiger partial charge in [0.15, 0.2) is 5.69 Å². The van der Waals surface area contributed by atoms with Crippen LogP contribution in [0, 0.1) is 5.82 Å². The number of halogens is 1. The van der Waals surface area contributed by atoms with Gasteiger partial charge in [-0.3, -0.25) is 4.79 Å². The number of esters is 1. The summed E-state index contributed by atoms with van der Waals surface area (Å²) in [4.78, 5) is 34.0. The molecule has 0 aliphatic rings.